The van der Waals surface area contributed by atoms with E-state index < -0.39 is 14.9 Å². The van der Waals surface area contributed by atoms with E-state index in [0.717, 1.165) is 12.3 Å². The second kappa shape index (κ2) is 5.73. The van der Waals surface area contributed by atoms with Crippen LogP contribution in [0.1, 0.15) is 0 Å². The minimum Gasteiger partial charge on any atom is -0.308 e. The van der Waals surface area contributed by atoms with Gasteiger partial charge in [-0.2, -0.15) is 0 Å². The molecule has 21 heavy (non-hydrogen) atoms. The molecule has 1 aromatic carbocycles. The van der Waals surface area contributed by atoms with Crippen LogP contribution in [0.15, 0.2) is 47.5 Å². The second-order valence-corrected chi connectivity index (χ2v) is 5.62. The lowest BCUT2D eigenvalue weighted by molar-refractivity contribution is -0.384. The van der Waals surface area contributed by atoms with Gasteiger partial charge in [-0.05, 0) is 18.2 Å². The highest BCUT2D eigenvalue weighted by molar-refractivity contribution is 7.92. The van der Waals surface area contributed by atoms with Crippen molar-refractivity contribution in [2.75, 3.05) is 10.1 Å². The number of hydrogen-bond acceptors (Lipinski definition) is 7. The van der Waals surface area contributed by atoms with Crippen LogP contribution in [-0.2, 0) is 10.0 Å². The van der Waals surface area contributed by atoms with Gasteiger partial charge in [-0.1, -0.05) is 6.07 Å². The van der Waals surface area contributed by atoms with Gasteiger partial charge in [-0.15, -0.1) is 0 Å². The zero-order valence-electron chi connectivity index (χ0n) is 10.6. The van der Waals surface area contributed by atoms with E-state index in [2.05, 4.69) is 15.1 Å². The molecule has 1 heterocycles. The van der Waals surface area contributed by atoms with Crippen molar-refractivity contribution in [1.29, 1.82) is 0 Å². The van der Waals surface area contributed by atoms with Crippen molar-refractivity contribution < 1.29 is 13.3 Å². The Bertz CT molecular complexity index is 760. The van der Waals surface area contributed by atoms with Crippen LogP contribution >= 0.6 is 0 Å². The molecule has 0 radical (unpaired) electrons. The highest BCUT2D eigenvalue weighted by Gasteiger charge is 2.16. The van der Waals surface area contributed by atoms with Gasteiger partial charge in [0.15, 0.2) is 0 Å². The van der Waals surface area contributed by atoms with E-state index >= 15 is 0 Å². The molecule has 10 heteroatoms. The number of hydrazine groups is 1. The number of sulfonamides is 1. The fourth-order valence-electron chi connectivity index (χ4n) is 1.52. The molecule has 0 bridgehead atoms. The number of nitrogens with zero attached hydrogens (tertiary/aromatic N) is 2. The van der Waals surface area contributed by atoms with Crippen molar-refractivity contribution in [3.8, 4) is 0 Å². The third-order valence-electron chi connectivity index (χ3n) is 2.50. The van der Waals surface area contributed by atoms with Gasteiger partial charge in [0.05, 0.1) is 10.6 Å². The molecule has 0 aliphatic carbocycles. The van der Waals surface area contributed by atoms with Crippen molar-refractivity contribution in [3.63, 3.8) is 0 Å². The molecule has 0 amide bonds. The number of nitro benzene ring substituents is 1. The summed E-state index contributed by atoms with van der Waals surface area (Å²) in [6.45, 7) is 0. The monoisotopic (exact) mass is 309 g/mol. The molecule has 0 unspecified atom stereocenters. The van der Waals surface area contributed by atoms with Crippen LogP contribution in [0.25, 0.3) is 0 Å². The number of non-ortho nitro benzene ring substituents is 1. The second-order valence-electron chi connectivity index (χ2n) is 3.94. The van der Waals surface area contributed by atoms with Gasteiger partial charge in [-0.3, -0.25) is 14.8 Å². The van der Waals surface area contributed by atoms with Gasteiger partial charge in [-0.25, -0.2) is 19.2 Å². The molecule has 0 aliphatic rings. The lowest BCUT2D eigenvalue weighted by atomic mass is 10.3. The van der Waals surface area contributed by atoms with Gasteiger partial charge >= 0.3 is 0 Å². The lowest BCUT2D eigenvalue weighted by Crippen LogP contribution is -2.14. The topological polar surface area (TPSA) is 140 Å². The summed E-state index contributed by atoms with van der Waals surface area (Å²) in [5.74, 6) is 5.45. The summed E-state index contributed by atoms with van der Waals surface area (Å²) in [4.78, 5) is 13.7. The van der Waals surface area contributed by atoms with Gasteiger partial charge in [0.2, 0.25) is 0 Å². The molecular weight excluding hydrogens is 298 g/mol. The summed E-state index contributed by atoms with van der Waals surface area (Å²) in [6, 6.07) is 7.88. The molecular formula is C11H11N5O4S. The van der Waals surface area contributed by atoms with Crippen LogP contribution in [-0.4, -0.2) is 18.3 Å². The normalized spacial score (nSPS) is 10.9. The van der Waals surface area contributed by atoms with Crippen LogP contribution in [0.3, 0.4) is 0 Å². The number of aromatic nitrogens is 1. The number of benzene rings is 1. The molecule has 0 aliphatic heterocycles. The Hall–Kier alpha value is -2.72. The predicted octanol–water partition coefficient (Wildman–Crippen LogP) is 1.08. The number of pyridine rings is 1. The molecule has 110 valence electrons. The van der Waals surface area contributed by atoms with Gasteiger partial charge in [0, 0.05) is 18.3 Å². The Morgan fingerprint density at radius 2 is 2.00 bits per heavy atom. The van der Waals surface area contributed by atoms with Crippen LogP contribution in [0.5, 0.6) is 0 Å². The molecule has 1 aromatic heterocycles. The number of nitro groups is 1. The summed E-state index contributed by atoms with van der Waals surface area (Å²) < 4.78 is 26.5. The van der Waals surface area contributed by atoms with Crippen LogP contribution in [0.2, 0.25) is 0 Å². The first kappa shape index (κ1) is 14.7. The van der Waals surface area contributed by atoms with E-state index in [0.29, 0.717) is 5.82 Å². The highest BCUT2D eigenvalue weighted by Crippen LogP contribution is 2.20. The number of hydrogen-bond donors (Lipinski definition) is 3. The Labute approximate surface area is 120 Å². The van der Waals surface area contributed by atoms with Gasteiger partial charge in [0.25, 0.3) is 15.7 Å². The first-order valence-electron chi connectivity index (χ1n) is 5.62. The SMILES string of the molecule is NNc1ccc(S(=O)(=O)Nc2cccc([N+](=O)[O-])c2)cn1. The van der Waals surface area contributed by atoms with Crippen LogP contribution in [0.4, 0.5) is 17.2 Å². The molecule has 0 fully saturated rings. The fourth-order valence-corrected chi connectivity index (χ4v) is 2.52. The van der Waals surface area contributed by atoms with Crippen molar-refractivity contribution in [1.82, 2.24) is 4.98 Å². The Balaban J connectivity index is 2.28. The van der Waals surface area contributed by atoms with E-state index in [-0.39, 0.29) is 16.3 Å². The average molecular weight is 309 g/mol. The molecule has 9 nitrogen and oxygen atoms in total. The Kier molecular flexibility index (Phi) is 4.00. The summed E-state index contributed by atoms with van der Waals surface area (Å²) in [5.41, 5.74) is 2.15. The molecule has 0 atom stereocenters. The van der Waals surface area contributed by atoms with Crippen LogP contribution in [0, 0.1) is 10.1 Å². The summed E-state index contributed by atoms with van der Waals surface area (Å²) in [5, 5.41) is 10.7. The average Bonchev–Trinajstić information content (AvgIpc) is 2.47. The standard InChI is InChI=1S/C11H11N5O4S/c12-14-11-5-4-10(7-13-11)21(19,20)15-8-2-1-3-9(6-8)16(17)18/h1-7,15H,12H2,(H,13,14). The van der Waals surface area contributed by atoms with E-state index in [1.54, 1.807) is 0 Å². The summed E-state index contributed by atoms with van der Waals surface area (Å²) in [7, 11) is -3.88. The first-order valence-corrected chi connectivity index (χ1v) is 7.10. The first-order chi connectivity index (χ1) is 9.92. The zero-order chi connectivity index (χ0) is 15.5. The third-order valence-corrected chi connectivity index (χ3v) is 3.87. The minimum absolute atomic E-state index is 0.0882. The van der Waals surface area contributed by atoms with E-state index in [1.807, 2.05) is 0 Å². The largest absolute Gasteiger partial charge is 0.308 e. The Morgan fingerprint density at radius 3 is 2.57 bits per heavy atom. The zero-order valence-corrected chi connectivity index (χ0v) is 11.4. The number of nitrogens with two attached hydrogens (primary N) is 1. The number of nitrogens with one attached hydrogen (secondary N) is 2. The molecule has 2 aromatic rings. The fraction of sp³-hybridized carbons (Fsp3) is 0. The Morgan fingerprint density at radius 1 is 1.24 bits per heavy atom. The van der Waals surface area contributed by atoms with Gasteiger partial charge in [0.1, 0.15) is 10.7 Å². The smallest absolute Gasteiger partial charge is 0.271 e. The maximum Gasteiger partial charge on any atom is 0.271 e. The minimum atomic E-state index is -3.88. The lowest BCUT2D eigenvalue weighted by Gasteiger charge is -2.08. The van der Waals surface area contributed by atoms with Crippen molar-refractivity contribution in [2.45, 2.75) is 4.90 Å². The number of nitrogen functional groups attached to an aromatic ring is 1. The molecule has 2 rings (SSSR count). The third kappa shape index (κ3) is 3.43. The number of anilines is 2. The van der Waals surface area contributed by atoms with Gasteiger partial charge < -0.3 is 5.43 Å². The molecule has 0 saturated carbocycles. The maximum absolute atomic E-state index is 12.1. The number of rotatable bonds is 5. The van der Waals surface area contributed by atoms with Crippen molar-refractivity contribution in [3.05, 3.63) is 52.7 Å². The van der Waals surface area contributed by atoms with Crippen LogP contribution < -0.4 is 16.0 Å². The molecule has 4 N–H and O–H groups in total. The highest BCUT2D eigenvalue weighted by atomic mass is 32.2. The molecule has 0 saturated heterocycles. The van der Waals surface area contributed by atoms with Crippen molar-refractivity contribution in [2.24, 2.45) is 5.84 Å². The predicted molar refractivity (Wildman–Crippen MR) is 76.0 cm³/mol. The quantitative estimate of drug-likeness (QED) is 0.426. The molecule has 0 spiro atoms. The van der Waals surface area contributed by atoms with E-state index in [4.69, 9.17) is 5.84 Å². The summed E-state index contributed by atoms with van der Waals surface area (Å²) in [6.07, 6.45) is 1.12. The van der Waals surface area contributed by atoms with E-state index in [9.17, 15) is 18.5 Å². The van der Waals surface area contributed by atoms with Crippen molar-refractivity contribution >= 4 is 27.2 Å². The summed E-state index contributed by atoms with van der Waals surface area (Å²) >= 11 is 0. The maximum atomic E-state index is 12.1. The van der Waals surface area contributed by atoms with E-state index in [1.165, 1.54) is 30.3 Å².